The zero-order valence-electron chi connectivity index (χ0n) is 16.2. The molecule has 5 heterocycles. The van der Waals surface area contributed by atoms with Crippen LogP contribution < -0.4 is 10.2 Å². The van der Waals surface area contributed by atoms with Gasteiger partial charge in [-0.3, -0.25) is 9.78 Å². The molecule has 7 nitrogen and oxygen atoms in total. The number of para-hydroxylation sites is 1. The zero-order chi connectivity index (χ0) is 19.6. The van der Waals surface area contributed by atoms with Crippen LogP contribution in [0.2, 0.25) is 0 Å². The molecule has 2 bridgehead atoms. The average Bonchev–Trinajstić information content (AvgIpc) is 3.24. The summed E-state index contributed by atoms with van der Waals surface area (Å²) >= 11 is 0. The predicted octanol–water partition coefficient (Wildman–Crippen LogP) is 1.27. The minimum Gasteiger partial charge on any atom is -0.330 e. The lowest BCUT2D eigenvalue weighted by molar-refractivity contribution is -0.945. The van der Waals surface area contributed by atoms with Crippen LogP contribution in [0.4, 0.5) is 5.69 Å². The molecule has 3 fully saturated rings. The number of hydrogen-bond acceptors (Lipinski definition) is 4. The number of nitrogens with zero attached hydrogens (tertiary/aromatic N) is 4. The molecule has 0 aliphatic carbocycles. The topological polar surface area (TPSA) is 77.1 Å². The van der Waals surface area contributed by atoms with E-state index in [9.17, 15) is 4.79 Å². The number of benzene rings is 1. The van der Waals surface area contributed by atoms with E-state index in [2.05, 4.69) is 20.6 Å². The number of piperidine rings is 3. The maximum absolute atomic E-state index is 12.8. The standard InChI is InChI=1S/C22H24N6O/c29-22(24-17-6-2-1-3-7-17)19-14-27-11-9-16(19)12-18(27)13-28-15-21(25-26-28)20-8-4-5-10-23-20/h1-8,10,15-16,18-19H,9,11-14H2,(H,24,29)/p+1/t16-,18-,19+/m1/s1. The number of rotatable bonds is 5. The molecule has 0 spiro atoms. The number of carbonyl (C=O) groups excluding carboxylic acids is 1. The summed E-state index contributed by atoms with van der Waals surface area (Å²) in [6.07, 6.45) is 5.92. The van der Waals surface area contributed by atoms with Crippen LogP contribution in [0.15, 0.2) is 60.9 Å². The summed E-state index contributed by atoms with van der Waals surface area (Å²) in [6, 6.07) is 16.0. The molecule has 148 valence electrons. The van der Waals surface area contributed by atoms with Crippen LogP contribution in [0.5, 0.6) is 0 Å². The van der Waals surface area contributed by atoms with Gasteiger partial charge in [0, 0.05) is 24.7 Å². The molecule has 1 amide bonds. The van der Waals surface area contributed by atoms with Crippen LogP contribution in [0, 0.1) is 11.8 Å². The fraction of sp³-hybridized carbons (Fsp3) is 0.364. The highest BCUT2D eigenvalue weighted by Crippen LogP contribution is 2.28. The van der Waals surface area contributed by atoms with E-state index in [0.29, 0.717) is 12.0 Å². The van der Waals surface area contributed by atoms with Crippen LogP contribution in [0.1, 0.15) is 12.8 Å². The van der Waals surface area contributed by atoms with E-state index in [4.69, 9.17) is 0 Å². The molecular weight excluding hydrogens is 364 g/mol. The van der Waals surface area contributed by atoms with Gasteiger partial charge in [-0.15, -0.1) is 5.10 Å². The molecule has 6 rings (SSSR count). The predicted molar refractivity (Wildman–Crippen MR) is 109 cm³/mol. The molecule has 3 saturated heterocycles. The molecule has 29 heavy (non-hydrogen) atoms. The lowest BCUT2D eigenvalue weighted by Gasteiger charge is -2.46. The third-order valence-corrected chi connectivity index (χ3v) is 6.30. The smallest absolute Gasteiger partial charge is 0.233 e. The van der Waals surface area contributed by atoms with E-state index >= 15 is 0 Å². The van der Waals surface area contributed by atoms with Gasteiger partial charge in [0.1, 0.15) is 11.7 Å². The third-order valence-electron chi connectivity index (χ3n) is 6.30. The van der Waals surface area contributed by atoms with Crippen molar-refractivity contribution in [3.63, 3.8) is 0 Å². The maximum atomic E-state index is 12.8. The van der Waals surface area contributed by atoms with E-state index in [1.165, 1.54) is 4.90 Å². The van der Waals surface area contributed by atoms with Gasteiger partial charge < -0.3 is 10.2 Å². The number of hydrogen-bond donors (Lipinski definition) is 2. The molecule has 7 heteroatoms. The number of pyridine rings is 1. The Hall–Kier alpha value is -3.06. The number of fused-ring (bicyclic) bond motifs is 3. The molecule has 3 aliphatic rings. The molecule has 0 radical (unpaired) electrons. The van der Waals surface area contributed by atoms with Crippen molar-refractivity contribution in [2.75, 3.05) is 18.4 Å². The Kier molecular flexibility index (Phi) is 4.81. The van der Waals surface area contributed by atoms with Crippen molar-refractivity contribution in [1.29, 1.82) is 0 Å². The second-order valence-corrected chi connectivity index (χ2v) is 8.10. The van der Waals surface area contributed by atoms with Gasteiger partial charge >= 0.3 is 0 Å². The number of anilines is 1. The Morgan fingerprint density at radius 2 is 2.00 bits per heavy atom. The Morgan fingerprint density at radius 1 is 1.14 bits per heavy atom. The van der Waals surface area contributed by atoms with Gasteiger partial charge in [-0.2, -0.15) is 0 Å². The summed E-state index contributed by atoms with van der Waals surface area (Å²) in [4.78, 5) is 18.7. The minimum atomic E-state index is 0.0926. The number of quaternary nitrogens is 1. The Labute approximate surface area is 169 Å². The first-order valence-corrected chi connectivity index (χ1v) is 10.3. The normalized spacial score (nSPS) is 25.7. The fourth-order valence-electron chi connectivity index (χ4n) is 4.82. The molecule has 3 aromatic rings. The molecule has 0 saturated carbocycles. The summed E-state index contributed by atoms with van der Waals surface area (Å²) < 4.78 is 1.93. The van der Waals surface area contributed by atoms with Crippen LogP contribution >= 0.6 is 0 Å². The number of carbonyl (C=O) groups is 1. The second-order valence-electron chi connectivity index (χ2n) is 8.10. The molecule has 2 aromatic heterocycles. The highest BCUT2D eigenvalue weighted by molar-refractivity contribution is 5.92. The minimum absolute atomic E-state index is 0.0926. The van der Waals surface area contributed by atoms with Gasteiger partial charge in [0.05, 0.1) is 37.4 Å². The van der Waals surface area contributed by atoms with Crippen molar-refractivity contribution in [3.8, 4) is 11.4 Å². The molecule has 1 unspecified atom stereocenters. The van der Waals surface area contributed by atoms with Crippen LogP contribution in [-0.4, -0.2) is 45.0 Å². The van der Waals surface area contributed by atoms with Gasteiger partial charge in [-0.05, 0) is 30.2 Å². The molecule has 3 aliphatic heterocycles. The summed E-state index contributed by atoms with van der Waals surface area (Å²) in [7, 11) is 0. The summed E-state index contributed by atoms with van der Waals surface area (Å²) in [5.74, 6) is 0.699. The van der Waals surface area contributed by atoms with Gasteiger partial charge in [-0.25, -0.2) is 4.68 Å². The van der Waals surface area contributed by atoms with Gasteiger partial charge in [0.2, 0.25) is 5.91 Å². The quantitative estimate of drug-likeness (QED) is 0.689. The zero-order valence-corrected chi connectivity index (χ0v) is 16.2. The van der Waals surface area contributed by atoms with Crippen molar-refractivity contribution in [2.24, 2.45) is 11.8 Å². The monoisotopic (exact) mass is 389 g/mol. The Morgan fingerprint density at radius 3 is 2.76 bits per heavy atom. The second kappa shape index (κ2) is 7.75. The largest absolute Gasteiger partial charge is 0.330 e. The molecule has 1 aromatic carbocycles. The highest BCUT2D eigenvalue weighted by Gasteiger charge is 2.46. The van der Waals surface area contributed by atoms with E-state index < -0.39 is 0 Å². The van der Waals surface area contributed by atoms with Gasteiger partial charge in [-0.1, -0.05) is 29.5 Å². The lowest BCUT2D eigenvalue weighted by Crippen LogP contribution is -3.20. The van der Waals surface area contributed by atoms with E-state index in [1.54, 1.807) is 6.20 Å². The number of aromatic nitrogens is 4. The number of nitrogens with one attached hydrogen (secondary N) is 2. The average molecular weight is 389 g/mol. The van der Waals surface area contributed by atoms with Crippen molar-refractivity contribution in [1.82, 2.24) is 20.0 Å². The third kappa shape index (κ3) is 3.78. The van der Waals surface area contributed by atoms with Crippen molar-refractivity contribution in [2.45, 2.75) is 25.4 Å². The summed E-state index contributed by atoms with van der Waals surface area (Å²) in [5, 5.41) is 11.7. The first-order valence-electron chi connectivity index (χ1n) is 10.3. The highest BCUT2D eigenvalue weighted by atomic mass is 16.2. The Balaban J connectivity index is 1.23. The van der Waals surface area contributed by atoms with Gasteiger partial charge in [0.25, 0.3) is 0 Å². The maximum Gasteiger partial charge on any atom is 0.233 e. The van der Waals surface area contributed by atoms with Crippen LogP contribution in [0.25, 0.3) is 11.4 Å². The van der Waals surface area contributed by atoms with Crippen molar-refractivity contribution in [3.05, 3.63) is 60.9 Å². The van der Waals surface area contributed by atoms with Gasteiger partial charge in [0.15, 0.2) is 0 Å². The van der Waals surface area contributed by atoms with Crippen molar-refractivity contribution < 1.29 is 9.69 Å². The lowest BCUT2D eigenvalue weighted by atomic mass is 9.75. The van der Waals surface area contributed by atoms with Crippen molar-refractivity contribution >= 4 is 11.6 Å². The van der Waals surface area contributed by atoms with E-state index in [-0.39, 0.29) is 11.8 Å². The molecular formula is C22H25N6O+. The van der Waals surface area contributed by atoms with Crippen LogP contribution in [0.3, 0.4) is 0 Å². The summed E-state index contributed by atoms with van der Waals surface area (Å²) in [5.41, 5.74) is 2.52. The number of amides is 1. The fourth-order valence-corrected chi connectivity index (χ4v) is 4.82. The van der Waals surface area contributed by atoms with E-state index in [1.807, 2.05) is 59.4 Å². The SMILES string of the molecule is O=C(Nc1ccccc1)[C@H]1C[NH+]2CC[C@@H]1C[C@@H]2Cn1cc(-c2ccccn2)nn1. The van der Waals surface area contributed by atoms with Crippen LogP contribution in [-0.2, 0) is 11.3 Å². The first kappa shape index (κ1) is 18.0. The first-order chi connectivity index (χ1) is 14.3. The summed E-state index contributed by atoms with van der Waals surface area (Å²) in [6.45, 7) is 2.86. The molecule has 2 N–H and O–H groups in total. The Bertz CT molecular complexity index is 973. The molecule has 4 atom stereocenters. The van der Waals surface area contributed by atoms with E-state index in [0.717, 1.165) is 49.6 Å².